The Morgan fingerprint density at radius 2 is 2.12 bits per heavy atom. The van der Waals surface area contributed by atoms with Gasteiger partial charge in [0.15, 0.2) is 0 Å². The molecule has 0 amide bonds. The van der Waals surface area contributed by atoms with Gasteiger partial charge in [0.05, 0.1) is 18.2 Å². The minimum Gasteiger partial charge on any atom is -0.462 e. The highest BCUT2D eigenvalue weighted by Gasteiger charge is 2.23. The van der Waals surface area contributed by atoms with E-state index < -0.39 is 11.8 Å². The zero-order chi connectivity index (χ0) is 17.8. The van der Waals surface area contributed by atoms with Gasteiger partial charge in [-0.15, -0.1) is 0 Å². The maximum Gasteiger partial charge on any atom is 0.343 e. The number of nitrogens with zero attached hydrogens (tertiary/aromatic N) is 1. The van der Waals surface area contributed by atoms with Gasteiger partial charge in [-0.1, -0.05) is 43.5 Å². The second kappa shape index (κ2) is 7.48. The smallest absolute Gasteiger partial charge is 0.343 e. The summed E-state index contributed by atoms with van der Waals surface area (Å²) in [6, 6.07) is 10.4. The Hall–Kier alpha value is -2.67. The van der Waals surface area contributed by atoms with Crippen LogP contribution in [0.25, 0.3) is 16.0 Å². The van der Waals surface area contributed by atoms with Gasteiger partial charge in [-0.05, 0) is 35.2 Å². The van der Waals surface area contributed by atoms with E-state index in [0.717, 1.165) is 12.0 Å². The van der Waals surface area contributed by atoms with E-state index in [0.29, 0.717) is 11.5 Å². The van der Waals surface area contributed by atoms with Crippen molar-refractivity contribution in [1.29, 1.82) is 0 Å². The third-order valence-corrected chi connectivity index (χ3v) is 4.68. The lowest BCUT2D eigenvalue weighted by molar-refractivity contribution is 0.0527. The summed E-state index contributed by atoms with van der Waals surface area (Å²) in [5.74, 6) is -0.398. The van der Waals surface area contributed by atoms with Gasteiger partial charge in [0, 0.05) is 11.6 Å². The summed E-state index contributed by atoms with van der Waals surface area (Å²) in [6.45, 7) is 7.18. The number of halogens is 1. The SMILES string of the molecule is C#[N+]c1cc(F)c(-c2cccc(CC3CCC3)c2)c(C(=O)OCC)c1. The molecule has 0 aromatic heterocycles. The maximum atomic E-state index is 14.7. The van der Waals surface area contributed by atoms with Crippen molar-refractivity contribution in [1.82, 2.24) is 0 Å². The van der Waals surface area contributed by atoms with E-state index in [1.54, 1.807) is 6.92 Å². The van der Waals surface area contributed by atoms with Gasteiger partial charge in [0.1, 0.15) is 5.82 Å². The molecule has 1 aliphatic rings. The standard InChI is InChI=1S/C21H21FNO2/c1-3-25-21(24)18-12-17(23-2)13-19(22)20(18)16-9-5-8-15(11-16)10-14-6-4-7-14/h2,5,8-9,11-14H,3-4,6-7,10H2,1H3/q+1. The fourth-order valence-corrected chi connectivity index (χ4v) is 3.21. The summed E-state index contributed by atoms with van der Waals surface area (Å²) < 4.78 is 19.8. The minimum absolute atomic E-state index is 0.145. The highest BCUT2D eigenvalue weighted by atomic mass is 19.1. The molecule has 3 nitrogen and oxygen atoms in total. The lowest BCUT2D eigenvalue weighted by Crippen LogP contribution is -2.13. The monoisotopic (exact) mass is 338 g/mol. The lowest BCUT2D eigenvalue weighted by atomic mass is 9.80. The molecule has 0 spiro atoms. The summed E-state index contributed by atoms with van der Waals surface area (Å²) in [4.78, 5) is 15.8. The third-order valence-electron chi connectivity index (χ3n) is 4.68. The molecule has 2 aromatic rings. The molecule has 0 heterocycles. The van der Waals surface area contributed by atoms with E-state index in [1.807, 2.05) is 24.3 Å². The highest BCUT2D eigenvalue weighted by Crippen LogP contribution is 2.34. The van der Waals surface area contributed by atoms with Gasteiger partial charge in [0.25, 0.3) is 6.57 Å². The Bertz CT molecular complexity index is 834. The number of rotatable bonds is 5. The minimum atomic E-state index is -0.578. The van der Waals surface area contributed by atoms with Crippen LogP contribution < -0.4 is 0 Å². The van der Waals surface area contributed by atoms with Crippen LogP contribution in [-0.4, -0.2) is 12.6 Å². The van der Waals surface area contributed by atoms with Crippen molar-refractivity contribution in [3.63, 3.8) is 0 Å². The number of carbonyl (C=O) groups excluding carboxylic acids is 1. The number of hydrogen-bond acceptors (Lipinski definition) is 2. The third kappa shape index (κ3) is 3.71. The predicted molar refractivity (Wildman–Crippen MR) is 96.8 cm³/mol. The van der Waals surface area contributed by atoms with Gasteiger partial charge >= 0.3 is 11.7 Å². The van der Waals surface area contributed by atoms with E-state index >= 15 is 0 Å². The molecule has 0 bridgehead atoms. The van der Waals surface area contributed by atoms with Gasteiger partial charge in [-0.3, -0.25) is 0 Å². The zero-order valence-electron chi connectivity index (χ0n) is 14.3. The molecule has 128 valence electrons. The molecule has 0 radical (unpaired) electrons. The molecule has 25 heavy (non-hydrogen) atoms. The Labute approximate surface area is 147 Å². The largest absolute Gasteiger partial charge is 0.462 e. The van der Waals surface area contributed by atoms with Crippen molar-refractivity contribution in [2.24, 2.45) is 5.92 Å². The van der Waals surface area contributed by atoms with Crippen molar-refractivity contribution in [3.8, 4) is 17.7 Å². The Morgan fingerprint density at radius 1 is 1.32 bits per heavy atom. The number of esters is 1. The van der Waals surface area contributed by atoms with Crippen molar-refractivity contribution in [3.05, 3.63) is 58.2 Å². The fraction of sp³-hybridized carbons (Fsp3) is 0.333. The normalized spacial score (nSPS) is 13.8. The summed E-state index contributed by atoms with van der Waals surface area (Å²) in [7, 11) is 0. The van der Waals surface area contributed by atoms with Gasteiger partial charge in [-0.25, -0.2) is 9.18 Å². The second-order valence-corrected chi connectivity index (χ2v) is 6.40. The lowest BCUT2D eigenvalue weighted by Gasteiger charge is -2.25. The number of hydrogen-bond donors (Lipinski definition) is 0. The van der Waals surface area contributed by atoms with Gasteiger partial charge in [0.2, 0.25) is 0 Å². The molecule has 1 aliphatic carbocycles. The molecule has 1 fully saturated rings. The first-order chi connectivity index (χ1) is 12.1. The Morgan fingerprint density at radius 3 is 2.76 bits per heavy atom. The molecule has 0 atom stereocenters. The van der Waals surface area contributed by atoms with Crippen LogP contribution in [-0.2, 0) is 11.2 Å². The van der Waals surface area contributed by atoms with E-state index in [-0.39, 0.29) is 23.4 Å². The van der Waals surface area contributed by atoms with Crippen molar-refractivity contribution in [2.45, 2.75) is 32.6 Å². The van der Waals surface area contributed by atoms with Crippen LogP contribution in [0.4, 0.5) is 10.1 Å². The summed E-state index contributed by atoms with van der Waals surface area (Å²) in [6.07, 6.45) is 4.77. The first-order valence-corrected chi connectivity index (χ1v) is 8.63. The average molecular weight is 338 g/mol. The molecule has 0 unspecified atom stereocenters. The van der Waals surface area contributed by atoms with E-state index in [2.05, 4.69) is 4.85 Å². The molecule has 0 saturated heterocycles. The average Bonchev–Trinajstić information content (AvgIpc) is 2.58. The first kappa shape index (κ1) is 17.2. The van der Waals surface area contributed by atoms with Crippen LogP contribution in [0, 0.1) is 18.3 Å². The van der Waals surface area contributed by atoms with Gasteiger partial charge in [-0.2, -0.15) is 0 Å². The molecule has 1 saturated carbocycles. The quantitative estimate of drug-likeness (QED) is 0.664. The van der Waals surface area contributed by atoms with E-state index in [9.17, 15) is 9.18 Å². The first-order valence-electron chi connectivity index (χ1n) is 8.63. The summed E-state index contributed by atoms with van der Waals surface area (Å²) >= 11 is 0. The molecule has 3 rings (SSSR count). The van der Waals surface area contributed by atoms with Crippen molar-refractivity contribution >= 4 is 11.7 Å². The molecule has 2 aromatic carbocycles. The van der Waals surface area contributed by atoms with Gasteiger partial charge < -0.3 is 4.74 Å². The number of carbonyl (C=O) groups is 1. The summed E-state index contributed by atoms with van der Waals surface area (Å²) in [5.41, 5.74) is 2.41. The molecular formula is C21H21FNO2+. The highest BCUT2D eigenvalue weighted by molar-refractivity contribution is 5.98. The van der Waals surface area contributed by atoms with E-state index in [1.165, 1.54) is 31.4 Å². The molecule has 4 heteroatoms. The molecular weight excluding hydrogens is 317 g/mol. The number of ether oxygens (including phenoxy) is 1. The van der Waals surface area contributed by atoms with E-state index in [4.69, 9.17) is 11.3 Å². The molecule has 0 aliphatic heterocycles. The summed E-state index contributed by atoms with van der Waals surface area (Å²) in [5, 5.41) is 0. The van der Waals surface area contributed by atoms with Crippen LogP contribution in [0.2, 0.25) is 0 Å². The fourth-order valence-electron chi connectivity index (χ4n) is 3.21. The zero-order valence-corrected chi connectivity index (χ0v) is 14.3. The topological polar surface area (TPSA) is 30.7 Å². The van der Waals surface area contributed by atoms with Crippen molar-refractivity contribution in [2.75, 3.05) is 6.61 Å². The number of benzene rings is 2. The van der Waals surface area contributed by atoms with Crippen molar-refractivity contribution < 1.29 is 13.9 Å². The maximum absolute atomic E-state index is 14.7. The second-order valence-electron chi connectivity index (χ2n) is 6.40. The molecule has 0 N–H and O–H groups in total. The van der Waals surface area contributed by atoms with Crippen LogP contribution in [0.1, 0.15) is 42.1 Å². The van der Waals surface area contributed by atoms with Crippen LogP contribution in [0.15, 0.2) is 36.4 Å². The Kier molecular flexibility index (Phi) is 5.14. The predicted octanol–water partition coefficient (Wildman–Crippen LogP) is 5.61. The van der Waals surface area contributed by atoms with Crippen LogP contribution in [0.5, 0.6) is 0 Å². The van der Waals surface area contributed by atoms with Crippen LogP contribution in [0.3, 0.4) is 0 Å². The Balaban J connectivity index is 2.04. The van der Waals surface area contributed by atoms with Crippen LogP contribution >= 0.6 is 0 Å².